The molecule has 0 spiro atoms. The van der Waals surface area contributed by atoms with E-state index in [0.717, 1.165) is 56.7 Å². The van der Waals surface area contributed by atoms with E-state index in [9.17, 15) is 0 Å². The average Bonchev–Trinajstić information content (AvgIpc) is 3.26. The van der Waals surface area contributed by atoms with Gasteiger partial charge in [0.25, 0.3) is 0 Å². The van der Waals surface area contributed by atoms with Crippen molar-refractivity contribution in [2.45, 2.75) is 19.4 Å². The van der Waals surface area contributed by atoms with E-state index >= 15 is 0 Å². The smallest absolute Gasteiger partial charge is 0.231 e. The molecule has 3 aliphatic heterocycles. The summed E-state index contributed by atoms with van der Waals surface area (Å²) in [5, 5.41) is 3.58. The van der Waals surface area contributed by atoms with Gasteiger partial charge in [0.05, 0.1) is 0 Å². The third-order valence-electron chi connectivity index (χ3n) is 6.51. The van der Waals surface area contributed by atoms with Crippen molar-refractivity contribution in [1.29, 1.82) is 0 Å². The first kappa shape index (κ1) is 22.2. The van der Waals surface area contributed by atoms with E-state index in [-0.39, 0.29) is 0 Å². The van der Waals surface area contributed by atoms with Gasteiger partial charge in [0.2, 0.25) is 6.79 Å². The van der Waals surface area contributed by atoms with Crippen LogP contribution in [-0.4, -0.2) is 112 Å². The Kier molecular flexibility index (Phi) is 7.88. The minimum atomic E-state index is 0.333. The quantitative estimate of drug-likeness (QED) is 0.395. The van der Waals surface area contributed by atoms with E-state index in [1.807, 2.05) is 13.1 Å². The fourth-order valence-corrected chi connectivity index (χ4v) is 4.48. The number of nitrogens with one attached hydrogen (secondary N) is 1. The molecule has 0 amide bonds. The minimum Gasteiger partial charge on any atom is -0.454 e. The highest BCUT2D eigenvalue weighted by molar-refractivity contribution is 5.79. The summed E-state index contributed by atoms with van der Waals surface area (Å²) in [6.07, 6.45) is 2.44. The standard InChI is InChI=1S/C23H38N6O2/c1-24-23(25-7-3-4-8-27-11-9-26(2)10-12-27)29-15-13-28(14-16-29)18-20-5-6-21-22(17-20)31-19-30-21/h5-6,17H,3-4,7-16,18-19H2,1-2H3,(H,24,25). The molecule has 1 aromatic rings. The Labute approximate surface area is 186 Å². The van der Waals surface area contributed by atoms with E-state index in [0.29, 0.717) is 6.79 Å². The molecule has 2 fully saturated rings. The second-order valence-corrected chi connectivity index (χ2v) is 8.78. The second kappa shape index (κ2) is 11.0. The molecule has 8 heteroatoms. The molecule has 3 aliphatic rings. The molecule has 0 atom stereocenters. The third kappa shape index (κ3) is 6.24. The van der Waals surface area contributed by atoms with Gasteiger partial charge < -0.3 is 29.5 Å². The van der Waals surface area contributed by atoms with Gasteiger partial charge in [-0.05, 0) is 44.1 Å². The van der Waals surface area contributed by atoms with E-state index < -0.39 is 0 Å². The molecule has 4 rings (SSSR count). The number of ether oxygens (including phenoxy) is 2. The summed E-state index contributed by atoms with van der Waals surface area (Å²) >= 11 is 0. The zero-order valence-electron chi connectivity index (χ0n) is 19.2. The Morgan fingerprint density at radius 1 is 0.935 bits per heavy atom. The van der Waals surface area contributed by atoms with E-state index in [1.54, 1.807) is 0 Å². The number of aliphatic imine (C=N–C) groups is 1. The maximum absolute atomic E-state index is 5.51. The predicted octanol–water partition coefficient (Wildman–Crippen LogP) is 1.14. The number of guanidine groups is 1. The Balaban J connectivity index is 1.12. The number of benzene rings is 1. The summed E-state index contributed by atoms with van der Waals surface area (Å²) in [6, 6.07) is 6.27. The van der Waals surface area contributed by atoms with Crippen LogP contribution in [0.3, 0.4) is 0 Å². The summed E-state index contributed by atoms with van der Waals surface area (Å²) in [6.45, 7) is 12.4. The van der Waals surface area contributed by atoms with Crippen LogP contribution in [-0.2, 0) is 6.54 Å². The van der Waals surface area contributed by atoms with Crippen molar-refractivity contribution in [1.82, 2.24) is 24.9 Å². The van der Waals surface area contributed by atoms with Crippen LogP contribution in [0.1, 0.15) is 18.4 Å². The van der Waals surface area contributed by atoms with E-state index in [4.69, 9.17) is 9.47 Å². The van der Waals surface area contributed by atoms with E-state index in [2.05, 4.69) is 49.1 Å². The maximum atomic E-state index is 5.51. The van der Waals surface area contributed by atoms with Gasteiger partial charge in [-0.25, -0.2) is 0 Å². The lowest BCUT2D eigenvalue weighted by atomic mass is 10.1. The van der Waals surface area contributed by atoms with Gasteiger partial charge in [-0.3, -0.25) is 9.89 Å². The molecular weight excluding hydrogens is 392 g/mol. The van der Waals surface area contributed by atoms with Gasteiger partial charge in [0.1, 0.15) is 0 Å². The molecule has 0 saturated carbocycles. The molecule has 0 unspecified atom stereocenters. The summed E-state index contributed by atoms with van der Waals surface area (Å²) in [7, 11) is 4.11. The summed E-state index contributed by atoms with van der Waals surface area (Å²) in [4.78, 5) is 14.4. The number of unbranched alkanes of at least 4 members (excludes halogenated alkanes) is 1. The lowest BCUT2D eigenvalue weighted by molar-refractivity contribution is 0.152. The van der Waals surface area contributed by atoms with Gasteiger partial charge in [-0.2, -0.15) is 0 Å². The molecule has 0 aliphatic carbocycles. The van der Waals surface area contributed by atoms with Gasteiger partial charge in [-0.15, -0.1) is 0 Å². The minimum absolute atomic E-state index is 0.333. The summed E-state index contributed by atoms with van der Waals surface area (Å²) < 4.78 is 10.9. The lowest BCUT2D eigenvalue weighted by Gasteiger charge is -2.36. The normalized spacial score (nSPS) is 21.0. The molecule has 172 valence electrons. The topological polar surface area (TPSA) is 55.8 Å². The summed E-state index contributed by atoms with van der Waals surface area (Å²) in [5.41, 5.74) is 1.28. The fraction of sp³-hybridized carbons (Fsp3) is 0.696. The first-order valence-corrected chi connectivity index (χ1v) is 11.7. The zero-order chi connectivity index (χ0) is 21.5. The Morgan fingerprint density at radius 2 is 1.68 bits per heavy atom. The van der Waals surface area contributed by atoms with Crippen LogP contribution in [0.25, 0.3) is 0 Å². The van der Waals surface area contributed by atoms with Crippen LogP contribution in [0.4, 0.5) is 0 Å². The molecule has 2 saturated heterocycles. The third-order valence-corrected chi connectivity index (χ3v) is 6.51. The average molecular weight is 431 g/mol. The number of likely N-dealkylation sites (N-methyl/N-ethyl adjacent to an activating group) is 1. The molecule has 3 heterocycles. The molecule has 0 aromatic heterocycles. The van der Waals surface area contributed by atoms with Crippen LogP contribution in [0.2, 0.25) is 0 Å². The van der Waals surface area contributed by atoms with Crippen LogP contribution >= 0.6 is 0 Å². The second-order valence-electron chi connectivity index (χ2n) is 8.78. The highest BCUT2D eigenvalue weighted by Crippen LogP contribution is 2.32. The van der Waals surface area contributed by atoms with Crippen molar-refractivity contribution >= 4 is 5.96 Å². The highest BCUT2D eigenvalue weighted by atomic mass is 16.7. The Hall–Kier alpha value is -2.03. The monoisotopic (exact) mass is 430 g/mol. The first-order chi connectivity index (χ1) is 15.2. The van der Waals surface area contributed by atoms with Gasteiger partial charge in [0, 0.05) is 72.5 Å². The molecule has 31 heavy (non-hydrogen) atoms. The van der Waals surface area contributed by atoms with Crippen LogP contribution in [0.5, 0.6) is 11.5 Å². The highest BCUT2D eigenvalue weighted by Gasteiger charge is 2.21. The lowest BCUT2D eigenvalue weighted by Crippen LogP contribution is -2.52. The van der Waals surface area contributed by atoms with Crippen LogP contribution < -0.4 is 14.8 Å². The molecule has 1 aromatic carbocycles. The SMILES string of the molecule is CN=C(NCCCCN1CCN(C)CC1)N1CCN(Cc2ccc3c(c2)OCO3)CC1. The largest absolute Gasteiger partial charge is 0.454 e. The van der Waals surface area contributed by atoms with Crippen LogP contribution in [0, 0.1) is 0 Å². The van der Waals surface area contributed by atoms with Crippen molar-refractivity contribution in [3.8, 4) is 11.5 Å². The number of rotatable bonds is 7. The fourth-order valence-electron chi connectivity index (χ4n) is 4.48. The number of piperazine rings is 2. The number of fused-ring (bicyclic) bond motifs is 1. The van der Waals surface area contributed by atoms with Crippen molar-refractivity contribution in [2.75, 3.05) is 86.3 Å². The number of nitrogens with zero attached hydrogens (tertiary/aromatic N) is 5. The van der Waals surface area contributed by atoms with E-state index in [1.165, 1.54) is 51.1 Å². The van der Waals surface area contributed by atoms with Crippen molar-refractivity contribution in [2.24, 2.45) is 4.99 Å². The molecule has 0 bridgehead atoms. The van der Waals surface area contributed by atoms with Crippen LogP contribution in [0.15, 0.2) is 23.2 Å². The van der Waals surface area contributed by atoms with Crippen molar-refractivity contribution in [3.05, 3.63) is 23.8 Å². The number of hydrogen-bond donors (Lipinski definition) is 1. The first-order valence-electron chi connectivity index (χ1n) is 11.7. The zero-order valence-corrected chi connectivity index (χ0v) is 19.2. The Morgan fingerprint density at radius 3 is 2.45 bits per heavy atom. The van der Waals surface area contributed by atoms with Gasteiger partial charge in [0.15, 0.2) is 17.5 Å². The van der Waals surface area contributed by atoms with Crippen molar-refractivity contribution in [3.63, 3.8) is 0 Å². The van der Waals surface area contributed by atoms with Gasteiger partial charge >= 0.3 is 0 Å². The number of hydrogen-bond acceptors (Lipinski definition) is 6. The van der Waals surface area contributed by atoms with Gasteiger partial charge in [-0.1, -0.05) is 6.07 Å². The maximum Gasteiger partial charge on any atom is 0.231 e. The molecule has 0 radical (unpaired) electrons. The summed E-state index contributed by atoms with van der Waals surface area (Å²) in [5.74, 6) is 2.77. The predicted molar refractivity (Wildman–Crippen MR) is 124 cm³/mol. The Bertz CT molecular complexity index is 727. The van der Waals surface area contributed by atoms with Crippen molar-refractivity contribution < 1.29 is 9.47 Å². The molecule has 1 N–H and O–H groups in total. The molecular formula is C23H38N6O2. The molecule has 8 nitrogen and oxygen atoms in total.